The maximum atomic E-state index is 5.80. The first-order valence-corrected chi connectivity index (χ1v) is 7.62. The molecule has 0 aliphatic heterocycles. The molecule has 1 aromatic heterocycles. The van der Waals surface area contributed by atoms with Gasteiger partial charge in [0.2, 0.25) is 0 Å². The second-order valence-corrected chi connectivity index (χ2v) is 5.95. The molecule has 1 aromatic carbocycles. The van der Waals surface area contributed by atoms with E-state index >= 15 is 0 Å². The summed E-state index contributed by atoms with van der Waals surface area (Å²) in [4.78, 5) is 12.7. The number of hydrogen-bond acceptors (Lipinski definition) is 4. The highest BCUT2D eigenvalue weighted by Crippen LogP contribution is 2.15. The van der Waals surface area contributed by atoms with E-state index < -0.39 is 0 Å². The molecule has 0 radical (unpaired) electrons. The highest BCUT2D eigenvalue weighted by Gasteiger charge is 2.13. The Kier molecular flexibility index (Phi) is 5.20. The lowest BCUT2D eigenvalue weighted by Crippen LogP contribution is -2.41. The van der Waals surface area contributed by atoms with E-state index in [0.717, 1.165) is 48.6 Å². The highest BCUT2D eigenvalue weighted by molar-refractivity contribution is 5.78. The summed E-state index contributed by atoms with van der Waals surface area (Å²) >= 11 is 0. The lowest BCUT2D eigenvalue weighted by molar-refractivity contribution is 0.183. The predicted octanol–water partition coefficient (Wildman–Crippen LogP) is 1.96. The molecule has 3 N–H and O–H groups in total. The number of H-pyrrole nitrogens is 1. The first-order valence-electron chi connectivity index (χ1n) is 7.62. The van der Waals surface area contributed by atoms with Crippen LogP contribution in [0.15, 0.2) is 18.2 Å². The number of imidazole rings is 1. The molecule has 0 spiro atoms. The molecule has 116 valence electrons. The van der Waals surface area contributed by atoms with Crippen molar-refractivity contribution in [1.29, 1.82) is 0 Å². The second-order valence-electron chi connectivity index (χ2n) is 5.95. The molecule has 0 aliphatic rings. The zero-order chi connectivity index (χ0) is 15.4. The molecule has 0 saturated heterocycles. The van der Waals surface area contributed by atoms with Crippen LogP contribution in [-0.2, 0) is 6.42 Å². The molecule has 0 saturated carbocycles. The highest BCUT2D eigenvalue weighted by atomic mass is 15.2. The van der Waals surface area contributed by atoms with Gasteiger partial charge in [0.05, 0.1) is 11.0 Å². The quantitative estimate of drug-likeness (QED) is 0.765. The molecule has 1 unspecified atom stereocenters. The van der Waals surface area contributed by atoms with Crippen molar-refractivity contribution in [3.05, 3.63) is 24.0 Å². The van der Waals surface area contributed by atoms with Gasteiger partial charge >= 0.3 is 0 Å². The number of fused-ring (bicyclic) bond motifs is 1. The Bertz CT molecular complexity index is 575. The minimum Gasteiger partial charge on any atom is -0.399 e. The summed E-state index contributed by atoms with van der Waals surface area (Å²) in [6.07, 6.45) is 0.931. The standard InChI is InChI=1S/C16H27N5/c1-5-21(12(2)11-20(3)4)9-8-16-18-14-7-6-13(17)10-15(14)19-16/h6-7,10,12H,5,8-9,11,17H2,1-4H3,(H,18,19). The van der Waals surface area contributed by atoms with E-state index in [1.54, 1.807) is 0 Å². The van der Waals surface area contributed by atoms with Crippen LogP contribution in [0.5, 0.6) is 0 Å². The van der Waals surface area contributed by atoms with Crippen molar-refractivity contribution >= 4 is 16.7 Å². The fraction of sp³-hybridized carbons (Fsp3) is 0.562. The van der Waals surface area contributed by atoms with Crippen LogP contribution in [0, 0.1) is 0 Å². The average molecular weight is 289 g/mol. The van der Waals surface area contributed by atoms with Crippen LogP contribution in [0.1, 0.15) is 19.7 Å². The Hall–Kier alpha value is -1.59. The molecule has 1 atom stereocenters. The fourth-order valence-corrected chi connectivity index (χ4v) is 2.78. The third-order valence-corrected chi connectivity index (χ3v) is 3.85. The van der Waals surface area contributed by atoms with Gasteiger partial charge in [0.25, 0.3) is 0 Å². The third kappa shape index (κ3) is 4.19. The molecule has 2 rings (SSSR count). The summed E-state index contributed by atoms with van der Waals surface area (Å²) in [5.41, 5.74) is 8.59. The van der Waals surface area contributed by atoms with Crippen molar-refractivity contribution in [3.8, 4) is 0 Å². The van der Waals surface area contributed by atoms with E-state index in [2.05, 4.69) is 47.7 Å². The van der Waals surface area contributed by atoms with E-state index in [9.17, 15) is 0 Å². The number of anilines is 1. The number of nitrogens with one attached hydrogen (secondary N) is 1. The van der Waals surface area contributed by atoms with Gasteiger partial charge in [0, 0.05) is 31.2 Å². The SMILES string of the molecule is CCN(CCc1nc2ccc(N)cc2[nH]1)C(C)CN(C)C. The number of likely N-dealkylation sites (N-methyl/N-ethyl adjacent to an activating group) is 2. The predicted molar refractivity (Wildman–Crippen MR) is 89.5 cm³/mol. The first-order chi connectivity index (χ1) is 9.99. The van der Waals surface area contributed by atoms with Gasteiger partial charge in [-0.1, -0.05) is 6.92 Å². The van der Waals surface area contributed by atoms with Crippen molar-refractivity contribution < 1.29 is 0 Å². The smallest absolute Gasteiger partial charge is 0.108 e. The molecule has 0 amide bonds. The van der Waals surface area contributed by atoms with Gasteiger partial charge in [-0.2, -0.15) is 0 Å². The molecule has 21 heavy (non-hydrogen) atoms. The fourth-order valence-electron chi connectivity index (χ4n) is 2.78. The van der Waals surface area contributed by atoms with E-state index in [0.29, 0.717) is 6.04 Å². The molecule has 2 aromatic rings. The van der Waals surface area contributed by atoms with Gasteiger partial charge in [0.15, 0.2) is 0 Å². The number of hydrogen-bond donors (Lipinski definition) is 2. The van der Waals surface area contributed by atoms with E-state index in [1.807, 2.05) is 18.2 Å². The number of benzene rings is 1. The van der Waals surface area contributed by atoms with Gasteiger partial charge in [-0.3, -0.25) is 4.90 Å². The minimum atomic E-state index is 0.546. The summed E-state index contributed by atoms with van der Waals surface area (Å²) in [6, 6.07) is 6.35. The lowest BCUT2D eigenvalue weighted by atomic mass is 10.2. The first kappa shape index (κ1) is 15.8. The summed E-state index contributed by atoms with van der Waals surface area (Å²) < 4.78 is 0. The van der Waals surface area contributed by atoms with E-state index in [1.165, 1.54) is 0 Å². The Morgan fingerprint density at radius 2 is 2.10 bits per heavy atom. The normalized spacial score (nSPS) is 13.4. The van der Waals surface area contributed by atoms with Gasteiger partial charge in [0.1, 0.15) is 5.82 Å². The minimum absolute atomic E-state index is 0.546. The molecule has 0 bridgehead atoms. The summed E-state index contributed by atoms with van der Waals surface area (Å²) in [5.74, 6) is 1.03. The monoisotopic (exact) mass is 289 g/mol. The number of aromatic amines is 1. The maximum absolute atomic E-state index is 5.80. The van der Waals surface area contributed by atoms with Crippen LogP contribution >= 0.6 is 0 Å². The largest absolute Gasteiger partial charge is 0.399 e. The van der Waals surface area contributed by atoms with Gasteiger partial charge in [-0.05, 0) is 45.8 Å². The topological polar surface area (TPSA) is 61.2 Å². The summed E-state index contributed by atoms with van der Waals surface area (Å²) in [5, 5.41) is 0. The molecular weight excluding hydrogens is 262 g/mol. The number of nitrogens with two attached hydrogens (primary N) is 1. The van der Waals surface area contributed by atoms with Crippen LogP contribution in [-0.4, -0.2) is 59.5 Å². The van der Waals surface area contributed by atoms with Crippen molar-refractivity contribution in [3.63, 3.8) is 0 Å². The van der Waals surface area contributed by atoms with Crippen LogP contribution in [0.2, 0.25) is 0 Å². The van der Waals surface area contributed by atoms with E-state index in [4.69, 9.17) is 5.73 Å². The van der Waals surface area contributed by atoms with Crippen LogP contribution in [0.3, 0.4) is 0 Å². The summed E-state index contributed by atoms with van der Waals surface area (Å²) in [7, 11) is 4.24. The van der Waals surface area contributed by atoms with Crippen LogP contribution < -0.4 is 5.73 Å². The number of aromatic nitrogens is 2. The Balaban J connectivity index is 1.99. The molecule has 1 heterocycles. The second kappa shape index (κ2) is 6.91. The van der Waals surface area contributed by atoms with Crippen LogP contribution in [0.25, 0.3) is 11.0 Å². The Morgan fingerprint density at radius 3 is 2.76 bits per heavy atom. The van der Waals surface area contributed by atoms with Gasteiger partial charge < -0.3 is 15.6 Å². The van der Waals surface area contributed by atoms with Crippen molar-refractivity contribution in [2.45, 2.75) is 26.3 Å². The van der Waals surface area contributed by atoms with Crippen molar-refractivity contribution in [1.82, 2.24) is 19.8 Å². The summed E-state index contributed by atoms with van der Waals surface area (Å²) in [6.45, 7) is 7.64. The van der Waals surface area contributed by atoms with Crippen LogP contribution in [0.4, 0.5) is 5.69 Å². The average Bonchev–Trinajstić information content (AvgIpc) is 2.80. The van der Waals surface area contributed by atoms with Gasteiger partial charge in [-0.15, -0.1) is 0 Å². The van der Waals surface area contributed by atoms with Crippen molar-refractivity contribution in [2.24, 2.45) is 0 Å². The Labute approximate surface area is 127 Å². The molecule has 0 fully saturated rings. The maximum Gasteiger partial charge on any atom is 0.108 e. The molecule has 0 aliphatic carbocycles. The molecular formula is C16H27N5. The van der Waals surface area contributed by atoms with Gasteiger partial charge in [-0.25, -0.2) is 4.98 Å². The van der Waals surface area contributed by atoms with E-state index in [-0.39, 0.29) is 0 Å². The molecule has 5 heteroatoms. The number of nitrogens with zero attached hydrogens (tertiary/aromatic N) is 3. The van der Waals surface area contributed by atoms with Crippen molar-refractivity contribution in [2.75, 3.05) is 39.5 Å². The Morgan fingerprint density at radius 1 is 1.33 bits per heavy atom. The molecule has 5 nitrogen and oxygen atoms in total. The zero-order valence-corrected chi connectivity index (χ0v) is 13.6. The zero-order valence-electron chi connectivity index (χ0n) is 13.6. The lowest BCUT2D eigenvalue weighted by Gasteiger charge is -2.29. The number of nitrogen functional groups attached to an aromatic ring is 1. The number of rotatable bonds is 7. The third-order valence-electron chi connectivity index (χ3n) is 3.85.